The Balaban J connectivity index is 1.80. The van der Waals surface area contributed by atoms with Crippen LogP contribution >= 0.6 is 0 Å². The Labute approximate surface area is 300 Å². The van der Waals surface area contributed by atoms with Crippen molar-refractivity contribution in [2.75, 3.05) is 38.5 Å². The highest BCUT2D eigenvalue weighted by atomic mass is 16.9. The molecule has 0 radical (unpaired) electrons. The first-order valence-corrected chi connectivity index (χ1v) is 17.5. The molecule has 51 heavy (non-hydrogen) atoms. The second-order valence-electron chi connectivity index (χ2n) is 14.1. The summed E-state index contributed by atoms with van der Waals surface area (Å²) in [5, 5.41) is 12.7. The largest absolute Gasteiger partial charge is 0.484 e. The summed E-state index contributed by atoms with van der Waals surface area (Å²) in [4.78, 5) is 57.4. The Bertz CT molecular complexity index is 1430. The van der Waals surface area contributed by atoms with Gasteiger partial charge in [0.15, 0.2) is 0 Å². The number of hydrogen-bond donors (Lipinski definition) is 2. The van der Waals surface area contributed by atoms with Crippen LogP contribution in [0, 0.1) is 27.4 Å². The number of methoxy groups -OCH3 is 1. The SMILES string of the molecule is CCCCNC(=O)[C@@H](C[C@H](OC(=O)c1ccc(CO[N+](=O)[O-])cc1)C(N)CC(C)(C)CC(=O)N1C[C@H](COCOC)Oc2ccccc21)C(C)C. The topological polar surface area (TPSA) is 182 Å². The summed E-state index contributed by atoms with van der Waals surface area (Å²) in [7, 11) is 1.54. The fourth-order valence-electron chi connectivity index (χ4n) is 6.06. The molecule has 2 amide bonds. The fourth-order valence-corrected chi connectivity index (χ4v) is 6.06. The number of nitrogens with one attached hydrogen (secondary N) is 1. The minimum Gasteiger partial charge on any atom is -0.484 e. The van der Waals surface area contributed by atoms with Crippen LogP contribution in [-0.2, 0) is 35.2 Å². The number of unbranched alkanes of at least 4 members (excludes halogenated alkanes) is 1. The van der Waals surface area contributed by atoms with Crippen molar-refractivity contribution in [2.45, 2.75) is 91.6 Å². The van der Waals surface area contributed by atoms with Crippen LogP contribution in [0.15, 0.2) is 48.5 Å². The summed E-state index contributed by atoms with van der Waals surface area (Å²) in [5.41, 5.74) is 7.61. The minimum atomic E-state index is -0.886. The summed E-state index contributed by atoms with van der Waals surface area (Å²) >= 11 is 0. The molecule has 1 aliphatic rings. The van der Waals surface area contributed by atoms with E-state index in [1.165, 1.54) is 19.2 Å². The molecule has 3 N–H and O–H groups in total. The maximum absolute atomic E-state index is 13.9. The van der Waals surface area contributed by atoms with Gasteiger partial charge in [-0.1, -0.05) is 65.3 Å². The normalized spacial score (nSPS) is 16.0. The third kappa shape index (κ3) is 13.1. The van der Waals surface area contributed by atoms with Crippen molar-refractivity contribution in [1.82, 2.24) is 5.32 Å². The zero-order valence-electron chi connectivity index (χ0n) is 30.6. The van der Waals surface area contributed by atoms with Gasteiger partial charge in [0.1, 0.15) is 31.4 Å². The minimum absolute atomic E-state index is 0.0716. The van der Waals surface area contributed by atoms with Crippen LogP contribution in [0.1, 0.15) is 82.6 Å². The number of carbonyl (C=O) groups is 3. The number of nitrogens with zero attached hydrogens (tertiary/aromatic N) is 2. The van der Waals surface area contributed by atoms with E-state index < -0.39 is 34.5 Å². The average Bonchev–Trinajstić information content (AvgIpc) is 3.08. The molecule has 4 atom stereocenters. The molecule has 0 bridgehead atoms. The number of nitrogens with two attached hydrogens (primary N) is 1. The number of anilines is 1. The maximum atomic E-state index is 13.9. The van der Waals surface area contributed by atoms with Crippen molar-refractivity contribution in [1.29, 1.82) is 0 Å². The number of rotatable bonds is 21. The van der Waals surface area contributed by atoms with Crippen molar-refractivity contribution >= 4 is 23.5 Å². The summed E-state index contributed by atoms with van der Waals surface area (Å²) in [6, 6.07) is 12.7. The van der Waals surface area contributed by atoms with Crippen molar-refractivity contribution in [3.05, 3.63) is 69.8 Å². The molecule has 0 fully saturated rings. The second kappa shape index (κ2) is 19.9. The smallest absolute Gasteiger partial charge is 0.338 e. The van der Waals surface area contributed by atoms with E-state index in [1.807, 2.05) is 58.9 Å². The number of carbonyl (C=O) groups excluding carboxylic acids is 3. The summed E-state index contributed by atoms with van der Waals surface area (Å²) in [5.74, 6) is -0.875. The highest BCUT2D eigenvalue weighted by molar-refractivity contribution is 5.95. The highest BCUT2D eigenvalue weighted by Gasteiger charge is 2.37. The molecule has 14 nitrogen and oxygen atoms in total. The quantitative estimate of drug-likeness (QED) is 0.0581. The van der Waals surface area contributed by atoms with Gasteiger partial charge in [0.2, 0.25) is 11.8 Å². The van der Waals surface area contributed by atoms with E-state index in [9.17, 15) is 24.5 Å². The van der Waals surface area contributed by atoms with Gasteiger partial charge in [0.05, 0.1) is 24.4 Å². The molecule has 0 aromatic heterocycles. The maximum Gasteiger partial charge on any atom is 0.338 e. The van der Waals surface area contributed by atoms with E-state index in [2.05, 4.69) is 10.2 Å². The standard InChI is InChI=1S/C37H54N4O10/c1-7-8-17-39-35(43)29(25(2)3)18-33(51-36(44)27-15-13-26(14-16-27)22-49-41(45)46)30(38)19-37(4,5)20-34(42)40-21-28(23-48-24-47-6)50-32-12-10-9-11-31(32)40/h9-16,25,28-30,33H,7-8,17-24,38H2,1-6H3,(H,39,43)/t28-,29+,30?,33+/m1/s1. The van der Waals surface area contributed by atoms with Gasteiger partial charge in [0.25, 0.3) is 5.09 Å². The van der Waals surface area contributed by atoms with Crippen LogP contribution in [0.25, 0.3) is 0 Å². The zero-order chi connectivity index (χ0) is 37.6. The lowest BCUT2D eigenvalue weighted by Gasteiger charge is -2.38. The van der Waals surface area contributed by atoms with Crippen LogP contribution < -0.4 is 20.7 Å². The molecule has 0 saturated carbocycles. The molecule has 0 aliphatic carbocycles. The molecule has 2 aromatic carbocycles. The first-order valence-electron chi connectivity index (χ1n) is 17.5. The number of hydrogen-bond acceptors (Lipinski definition) is 11. The summed E-state index contributed by atoms with van der Waals surface area (Å²) < 4.78 is 22.6. The third-order valence-electron chi connectivity index (χ3n) is 8.78. The third-order valence-corrected chi connectivity index (χ3v) is 8.78. The van der Waals surface area contributed by atoms with Gasteiger partial charge in [-0.2, -0.15) is 0 Å². The molecule has 282 valence electrons. The lowest BCUT2D eigenvalue weighted by atomic mass is 9.78. The molecular weight excluding hydrogens is 660 g/mol. The molecule has 0 saturated heterocycles. The Hall–Kier alpha value is -4.27. The number of para-hydroxylation sites is 2. The highest BCUT2D eigenvalue weighted by Crippen LogP contribution is 2.37. The van der Waals surface area contributed by atoms with Crippen molar-refractivity contribution < 1.29 is 43.3 Å². The molecule has 3 rings (SSSR count). The fraction of sp³-hybridized carbons (Fsp3) is 0.595. The van der Waals surface area contributed by atoms with Crippen LogP contribution in [0.5, 0.6) is 5.75 Å². The van der Waals surface area contributed by atoms with Crippen LogP contribution in [0.2, 0.25) is 0 Å². The van der Waals surface area contributed by atoms with Gasteiger partial charge in [-0.25, -0.2) is 4.79 Å². The molecule has 1 aliphatic heterocycles. The second-order valence-corrected chi connectivity index (χ2v) is 14.1. The summed E-state index contributed by atoms with van der Waals surface area (Å²) in [6.07, 6.45) is 1.15. The van der Waals surface area contributed by atoms with E-state index >= 15 is 0 Å². The van der Waals surface area contributed by atoms with Gasteiger partial charge in [-0.05, 0) is 60.4 Å². The van der Waals surface area contributed by atoms with Crippen molar-refractivity contribution in [3.63, 3.8) is 0 Å². The van der Waals surface area contributed by atoms with E-state index in [0.29, 0.717) is 36.5 Å². The van der Waals surface area contributed by atoms with Gasteiger partial charge in [-0.15, -0.1) is 10.1 Å². The predicted octanol–water partition coefficient (Wildman–Crippen LogP) is 5.05. The van der Waals surface area contributed by atoms with E-state index in [-0.39, 0.29) is 62.2 Å². The van der Waals surface area contributed by atoms with Crippen molar-refractivity contribution in [2.24, 2.45) is 23.0 Å². The van der Waals surface area contributed by atoms with Crippen LogP contribution in [-0.4, -0.2) is 74.7 Å². The number of ether oxygens (including phenoxy) is 4. The molecule has 0 spiro atoms. The number of benzene rings is 2. The Kier molecular flexibility index (Phi) is 16.1. The molecule has 2 aromatic rings. The van der Waals surface area contributed by atoms with Gasteiger partial charge in [0, 0.05) is 32.0 Å². The molecular formula is C37H54N4O10. The average molecular weight is 715 g/mol. The molecule has 1 unspecified atom stereocenters. The van der Waals surface area contributed by atoms with Crippen LogP contribution in [0.4, 0.5) is 5.69 Å². The lowest BCUT2D eigenvalue weighted by molar-refractivity contribution is -0.763. The van der Waals surface area contributed by atoms with Crippen molar-refractivity contribution in [3.8, 4) is 5.75 Å². The zero-order valence-corrected chi connectivity index (χ0v) is 30.6. The lowest BCUT2D eigenvalue weighted by Crippen LogP contribution is -2.48. The molecule has 1 heterocycles. The van der Waals surface area contributed by atoms with E-state index in [0.717, 1.165) is 12.8 Å². The monoisotopic (exact) mass is 714 g/mol. The summed E-state index contributed by atoms with van der Waals surface area (Å²) in [6.45, 7) is 10.7. The van der Waals surface area contributed by atoms with E-state index in [4.69, 9.17) is 24.7 Å². The first kappa shape index (κ1) is 41.2. The number of fused-ring (bicyclic) bond motifs is 1. The van der Waals surface area contributed by atoms with Gasteiger partial charge >= 0.3 is 5.97 Å². The Morgan fingerprint density at radius 2 is 1.84 bits per heavy atom. The number of esters is 1. The predicted molar refractivity (Wildman–Crippen MR) is 190 cm³/mol. The molecule has 14 heteroatoms. The van der Waals surface area contributed by atoms with Gasteiger partial charge in [-0.3, -0.25) is 9.59 Å². The number of amides is 2. The first-order chi connectivity index (χ1) is 24.2. The Morgan fingerprint density at radius 1 is 1.14 bits per heavy atom. The van der Waals surface area contributed by atoms with E-state index in [1.54, 1.807) is 17.0 Å². The van der Waals surface area contributed by atoms with Gasteiger partial charge < -0.3 is 39.7 Å². The Morgan fingerprint density at radius 3 is 2.49 bits per heavy atom. The van der Waals surface area contributed by atoms with Crippen LogP contribution in [0.3, 0.4) is 0 Å².